The summed E-state index contributed by atoms with van der Waals surface area (Å²) in [5.41, 5.74) is 13.1. The molecule has 324 valence electrons. The zero-order chi connectivity index (χ0) is 42.8. The number of aryl methyl sites for hydroxylation is 1. The number of fused-ring (bicyclic) bond motifs is 5. The largest absolute Gasteiger partial charge is 1.00 e. The van der Waals surface area contributed by atoms with Crippen LogP contribution >= 0.6 is 0 Å². The molecule has 0 atom stereocenters. The zero-order valence-corrected chi connectivity index (χ0v) is 39.3. The second-order valence-electron chi connectivity index (χ2n) is 16.5. The van der Waals surface area contributed by atoms with Gasteiger partial charge >= 0.3 is 0 Å². The SMILES string of the molecule is CCn1c2ccc3cc2c2cc(ccc21)C(=O)c1ccc(cc1)C[n+]1cn(c2ccccc21)Cc1cc(OC)c(cc1OC)Cn1c[n+](c2ccccc21)Cc1ccc(cc1)C3=O.[Br-].[Br-]. The van der Waals surface area contributed by atoms with E-state index in [2.05, 4.69) is 103 Å². The maximum Gasteiger partial charge on any atom is 0.245 e. The van der Waals surface area contributed by atoms with Crippen LogP contribution in [0.1, 0.15) is 61.0 Å². The third kappa shape index (κ3) is 7.62. The molecule has 11 heteroatoms. The molecule has 0 unspecified atom stereocenters. The van der Waals surface area contributed by atoms with Crippen molar-refractivity contribution in [3.05, 3.63) is 203 Å². The molecule has 65 heavy (non-hydrogen) atoms. The highest BCUT2D eigenvalue weighted by Crippen LogP contribution is 2.34. The fourth-order valence-electron chi connectivity index (χ4n) is 9.60. The summed E-state index contributed by atoms with van der Waals surface area (Å²) in [4.78, 5) is 28.2. The molecule has 10 aromatic rings. The van der Waals surface area contributed by atoms with Gasteiger partial charge in [0.15, 0.2) is 33.6 Å². The molecule has 14 rings (SSSR count). The van der Waals surface area contributed by atoms with Crippen LogP contribution < -0.4 is 52.6 Å². The van der Waals surface area contributed by atoms with Crippen LogP contribution in [0.25, 0.3) is 43.9 Å². The number of nitrogens with zero attached hydrogens (tertiary/aromatic N) is 5. The van der Waals surface area contributed by atoms with Gasteiger partial charge in [-0.1, -0.05) is 72.8 Å². The zero-order valence-electron chi connectivity index (χ0n) is 36.2. The molecule has 0 amide bonds. The van der Waals surface area contributed by atoms with Gasteiger partial charge in [-0.3, -0.25) is 9.59 Å². The lowest BCUT2D eigenvalue weighted by Gasteiger charge is -2.13. The van der Waals surface area contributed by atoms with Gasteiger partial charge in [-0.2, -0.15) is 0 Å². The average Bonchev–Trinajstić information content (AvgIpc) is 3.96. The van der Waals surface area contributed by atoms with E-state index in [9.17, 15) is 9.59 Å². The summed E-state index contributed by atoms with van der Waals surface area (Å²) in [5, 5.41) is 1.91. The predicted octanol–water partition coefficient (Wildman–Crippen LogP) is 3.29. The summed E-state index contributed by atoms with van der Waals surface area (Å²) in [6, 6.07) is 48.8. The van der Waals surface area contributed by atoms with Crippen molar-refractivity contribution in [2.45, 2.75) is 39.6 Å². The number of rotatable bonds is 3. The first-order chi connectivity index (χ1) is 30.9. The molecule has 9 nitrogen and oxygen atoms in total. The monoisotopic (exact) mass is 985 g/mol. The molecular weight excluding hydrogens is 942 g/mol. The average molecular weight is 988 g/mol. The number of para-hydroxylation sites is 4. The van der Waals surface area contributed by atoms with Gasteiger partial charge in [-0.15, -0.1) is 0 Å². The minimum atomic E-state index is -0.0461. The first-order valence-electron chi connectivity index (χ1n) is 21.4. The number of carbonyl (C=O) groups excluding carboxylic acids is 2. The molecule has 0 spiro atoms. The molecule has 4 aliphatic rings. The first-order valence-corrected chi connectivity index (χ1v) is 21.4. The molecule has 0 aliphatic carbocycles. The lowest BCUT2D eigenvalue weighted by molar-refractivity contribution is -0.663. The molecule has 0 N–H and O–H groups in total. The second kappa shape index (κ2) is 17.6. The second-order valence-corrected chi connectivity index (χ2v) is 16.5. The van der Waals surface area contributed by atoms with Gasteiger partial charge in [0.2, 0.25) is 12.7 Å². The van der Waals surface area contributed by atoms with Gasteiger partial charge in [0.25, 0.3) is 0 Å². The van der Waals surface area contributed by atoms with Crippen molar-refractivity contribution < 1.29 is 62.2 Å². The van der Waals surface area contributed by atoms with Crippen molar-refractivity contribution in [2.75, 3.05) is 14.2 Å². The summed E-state index contributed by atoms with van der Waals surface area (Å²) >= 11 is 0. The standard InChI is InChI=1S/C54H45N5O4.2BrH/c1-4-59-45-23-21-39-25-43(45)44-26-40(22-24-46(44)59)54(61)38-19-15-36(16-20-38)30-56-34-58(50-12-8-6-10-48(50)56)32-42-27-51(62-2)41(28-52(42)63-3)31-57-33-55(47-9-5-7-11-49(47)57)29-35-13-17-37(18-14-35)53(39)60;;/h5-28,33-34H,4,29-32H2,1-3H3;2*1H/q+2;;/p-2. The van der Waals surface area contributed by atoms with E-state index in [1.54, 1.807) is 14.2 Å². The number of methoxy groups -OCH3 is 2. The number of benzene rings is 7. The molecule has 0 fully saturated rings. The van der Waals surface area contributed by atoms with Gasteiger partial charge in [0.1, 0.15) is 37.7 Å². The molecule has 0 saturated heterocycles. The Morgan fingerprint density at radius 3 is 1.29 bits per heavy atom. The van der Waals surface area contributed by atoms with Crippen molar-refractivity contribution in [3.63, 3.8) is 0 Å². The molecule has 4 aliphatic heterocycles. The van der Waals surface area contributed by atoms with Crippen LogP contribution in [-0.4, -0.2) is 39.5 Å². The van der Waals surface area contributed by atoms with Gasteiger partial charge in [-0.05, 0) is 90.8 Å². The topological polar surface area (TPSA) is 75.2 Å². The van der Waals surface area contributed by atoms with E-state index < -0.39 is 0 Å². The van der Waals surface area contributed by atoms with Crippen molar-refractivity contribution in [1.29, 1.82) is 0 Å². The third-order valence-electron chi connectivity index (χ3n) is 12.8. The molecule has 7 heterocycles. The van der Waals surface area contributed by atoms with E-state index in [1.807, 2.05) is 84.9 Å². The molecule has 3 aromatic heterocycles. The van der Waals surface area contributed by atoms with Gasteiger partial charge in [0.05, 0.1) is 14.2 Å². The lowest BCUT2D eigenvalue weighted by atomic mass is 9.98. The highest BCUT2D eigenvalue weighted by molar-refractivity contribution is 6.17. The maximum absolute atomic E-state index is 14.1. The molecule has 0 radical (unpaired) electrons. The smallest absolute Gasteiger partial charge is 0.245 e. The Morgan fingerprint density at radius 1 is 0.492 bits per heavy atom. The van der Waals surface area contributed by atoms with Crippen LogP contribution in [-0.2, 0) is 32.7 Å². The molecular formula is C54H45Br2N5O4. The van der Waals surface area contributed by atoms with Gasteiger partial charge in [0, 0.05) is 61.7 Å². The number of halogens is 2. The van der Waals surface area contributed by atoms with Crippen LogP contribution in [0.2, 0.25) is 0 Å². The number of hydrogen-bond acceptors (Lipinski definition) is 4. The number of carbonyl (C=O) groups is 2. The van der Waals surface area contributed by atoms with E-state index >= 15 is 0 Å². The Balaban J connectivity index is 0.00000266. The fourth-order valence-corrected chi connectivity index (χ4v) is 9.60. The Bertz CT molecular complexity index is 3230. The van der Waals surface area contributed by atoms with Crippen molar-refractivity contribution in [1.82, 2.24) is 13.7 Å². The van der Waals surface area contributed by atoms with Gasteiger partial charge < -0.3 is 48.0 Å². The Labute approximate surface area is 397 Å². The first kappa shape index (κ1) is 43.4. The number of imidazole rings is 2. The van der Waals surface area contributed by atoms with E-state index in [0.29, 0.717) is 48.4 Å². The van der Waals surface area contributed by atoms with Crippen LogP contribution in [0, 0.1) is 0 Å². The number of aromatic nitrogens is 5. The Hall–Kier alpha value is -6.82. The van der Waals surface area contributed by atoms with Crippen molar-refractivity contribution >= 4 is 55.4 Å². The number of hydrogen-bond donors (Lipinski definition) is 0. The molecule has 14 bridgehead atoms. The van der Waals surface area contributed by atoms with Gasteiger partial charge in [-0.25, -0.2) is 18.3 Å². The minimum Gasteiger partial charge on any atom is -1.00 e. The Kier molecular flexibility index (Phi) is 11.8. The van der Waals surface area contributed by atoms with Crippen molar-refractivity contribution in [2.24, 2.45) is 0 Å². The summed E-state index contributed by atoms with van der Waals surface area (Å²) < 4.78 is 23.4. The summed E-state index contributed by atoms with van der Waals surface area (Å²) in [7, 11) is 3.44. The molecule has 0 saturated carbocycles. The van der Waals surface area contributed by atoms with E-state index in [1.165, 1.54) is 0 Å². The third-order valence-corrected chi connectivity index (χ3v) is 12.8. The van der Waals surface area contributed by atoms with E-state index in [4.69, 9.17) is 9.47 Å². The Morgan fingerprint density at radius 2 is 0.892 bits per heavy atom. The van der Waals surface area contributed by atoms with E-state index in [0.717, 1.165) is 84.2 Å². The minimum absolute atomic E-state index is 0. The number of ketones is 2. The normalized spacial score (nSPS) is 12.8. The summed E-state index contributed by atoms with van der Waals surface area (Å²) in [6.07, 6.45) is 4.31. The summed E-state index contributed by atoms with van der Waals surface area (Å²) in [5.74, 6) is 1.48. The van der Waals surface area contributed by atoms with Crippen LogP contribution in [0.15, 0.2) is 158 Å². The van der Waals surface area contributed by atoms with Crippen molar-refractivity contribution in [3.8, 4) is 11.5 Å². The summed E-state index contributed by atoms with van der Waals surface area (Å²) in [6.45, 7) is 5.26. The number of ether oxygens (including phenoxy) is 2. The lowest BCUT2D eigenvalue weighted by Crippen LogP contribution is -3.00. The highest BCUT2D eigenvalue weighted by Gasteiger charge is 2.23. The quantitative estimate of drug-likeness (QED) is 0.255. The van der Waals surface area contributed by atoms with Crippen LogP contribution in [0.3, 0.4) is 0 Å². The predicted molar refractivity (Wildman–Crippen MR) is 245 cm³/mol. The van der Waals surface area contributed by atoms with E-state index in [-0.39, 0.29) is 45.5 Å². The van der Waals surface area contributed by atoms with Crippen LogP contribution in [0.4, 0.5) is 0 Å². The maximum atomic E-state index is 14.1. The van der Waals surface area contributed by atoms with Crippen LogP contribution in [0.5, 0.6) is 11.5 Å². The fraction of sp³-hybridized carbons (Fsp3) is 0.148. The highest BCUT2D eigenvalue weighted by atomic mass is 79.9. The molecule has 7 aromatic carbocycles.